The molecule has 5 rings (SSSR count). The van der Waals surface area contributed by atoms with Crippen molar-refractivity contribution in [2.45, 2.75) is 56.0 Å². The number of rotatable bonds is 7. The third-order valence-electron chi connectivity index (χ3n) is 7.52. The highest BCUT2D eigenvalue weighted by Gasteiger charge is 2.43. The molecule has 2 heterocycles. The van der Waals surface area contributed by atoms with Crippen molar-refractivity contribution in [3.05, 3.63) is 77.4 Å². The van der Waals surface area contributed by atoms with Crippen LogP contribution in [0.4, 0.5) is 21.0 Å². The molecule has 0 radical (unpaired) electrons. The molecule has 13 heteroatoms. The number of alkyl carbamates (subject to hydrolysis) is 1. The molecule has 2 aliphatic rings. The third kappa shape index (κ3) is 6.34. The smallest absolute Gasteiger partial charge is 0.408 e. The van der Waals surface area contributed by atoms with Crippen molar-refractivity contribution in [1.82, 2.24) is 15.5 Å². The van der Waals surface area contributed by atoms with Crippen molar-refractivity contribution in [3.8, 4) is 11.1 Å². The summed E-state index contributed by atoms with van der Waals surface area (Å²) in [6.07, 6.45) is -0.127. The summed E-state index contributed by atoms with van der Waals surface area (Å²) in [5, 5.41) is 6.79. The summed E-state index contributed by atoms with van der Waals surface area (Å²) in [4.78, 5) is 52.3. The molecule has 4 amide bonds. The Morgan fingerprint density at radius 3 is 2.44 bits per heavy atom. The van der Waals surface area contributed by atoms with Crippen LogP contribution in [-0.4, -0.2) is 67.2 Å². The first-order valence-electron chi connectivity index (χ1n) is 14.4. The number of urea groups is 1. The Hall–Kier alpha value is -4.91. The number of anilines is 2. The molecule has 0 saturated carbocycles. The largest absolute Gasteiger partial charge is 0.444 e. The van der Waals surface area contributed by atoms with Gasteiger partial charge in [0.15, 0.2) is 11.2 Å². The highest BCUT2D eigenvalue weighted by Crippen LogP contribution is 2.39. The van der Waals surface area contributed by atoms with E-state index in [0.717, 1.165) is 21.7 Å². The number of nitrogen functional groups attached to an aromatic ring is 1. The fourth-order valence-electron chi connectivity index (χ4n) is 5.40. The number of benzene rings is 3. The van der Waals surface area contributed by atoms with E-state index in [1.807, 2.05) is 30.3 Å². The number of imide groups is 1. The zero-order valence-electron chi connectivity index (χ0n) is 25.3. The lowest BCUT2D eigenvalue weighted by molar-refractivity contribution is 0.0496. The second-order valence-corrected chi connectivity index (χ2v) is 14.0. The van der Waals surface area contributed by atoms with E-state index in [2.05, 4.69) is 16.0 Å². The molecule has 12 nitrogen and oxygen atoms in total. The number of carbonyl (C=O) groups is 4. The van der Waals surface area contributed by atoms with Gasteiger partial charge in [-0.1, -0.05) is 36.4 Å². The summed E-state index contributed by atoms with van der Waals surface area (Å²) in [6, 6.07) is 14.5. The predicted octanol–water partition coefficient (Wildman–Crippen LogP) is 3.97. The molecule has 45 heavy (non-hydrogen) atoms. The minimum absolute atomic E-state index is 0.0623. The van der Waals surface area contributed by atoms with Gasteiger partial charge in [-0.15, -0.1) is 0 Å². The van der Waals surface area contributed by atoms with Gasteiger partial charge in [-0.05, 0) is 69.5 Å². The van der Waals surface area contributed by atoms with Gasteiger partial charge in [0.25, 0.3) is 5.91 Å². The van der Waals surface area contributed by atoms with Crippen LogP contribution in [0, 0.1) is 0 Å². The topological polar surface area (TPSA) is 177 Å². The minimum atomic E-state index is -4.15. The van der Waals surface area contributed by atoms with Gasteiger partial charge < -0.3 is 26.4 Å². The summed E-state index contributed by atoms with van der Waals surface area (Å²) in [6.45, 7) is 6.80. The summed E-state index contributed by atoms with van der Waals surface area (Å²) < 4.78 is 33.2. The van der Waals surface area contributed by atoms with E-state index in [4.69, 9.17) is 10.5 Å². The van der Waals surface area contributed by atoms with Crippen molar-refractivity contribution in [2.24, 2.45) is 0 Å². The summed E-state index contributed by atoms with van der Waals surface area (Å²) in [7, 11) is -4.15. The number of carbonyl (C=O) groups excluding carboxylic acids is 4. The molecule has 1 fully saturated rings. The quantitative estimate of drug-likeness (QED) is 0.221. The second-order valence-electron chi connectivity index (χ2n) is 11.9. The van der Waals surface area contributed by atoms with Gasteiger partial charge in [0, 0.05) is 29.0 Å². The Labute approximate surface area is 261 Å². The Kier molecular flexibility index (Phi) is 8.32. The van der Waals surface area contributed by atoms with Crippen LogP contribution in [0.1, 0.15) is 54.0 Å². The van der Waals surface area contributed by atoms with E-state index < -0.39 is 57.2 Å². The molecular weight excluding hydrogens is 598 g/mol. The molecular formula is C32H35N5O7S. The van der Waals surface area contributed by atoms with Crippen LogP contribution in [-0.2, 0) is 21.0 Å². The number of nitrogens with zero attached hydrogens (tertiary/aromatic N) is 1. The molecule has 0 bridgehead atoms. The Balaban J connectivity index is 1.35. The van der Waals surface area contributed by atoms with Crippen LogP contribution < -0.4 is 21.7 Å². The molecule has 0 spiro atoms. The van der Waals surface area contributed by atoms with Crippen molar-refractivity contribution >= 4 is 45.0 Å². The number of sulfone groups is 1. The van der Waals surface area contributed by atoms with Gasteiger partial charge in [0.2, 0.25) is 9.84 Å². The zero-order chi connectivity index (χ0) is 32.7. The van der Waals surface area contributed by atoms with E-state index in [1.54, 1.807) is 26.8 Å². The van der Waals surface area contributed by atoms with Gasteiger partial charge in [0.1, 0.15) is 5.60 Å². The maximum Gasteiger partial charge on any atom is 0.408 e. The molecule has 5 N–H and O–H groups in total. The van der Waals surface area contributed by atoms with Crippen molar-refractivity contribution < 1.29 is 32.3 Å². The van der Waals surface area contributed by atoms with E-state index in [-0.39, 0.29) is 21.7 Å². The van der Waals surface area contributed by atoms with Crippen molar-refractivity contribution in [3.63, 3.8) is 0 Å². The van der Waals surface area contributed by atoms with E-state index in [9.17, 15) is 27.6 Å². The normalized spacial score (nSPS) is 16.8. The number of ether oxygens (including phenoxy) is 1. The Bertz CT molecular complexity index is 1800. The first kappa shape index (κ1) is 31.5. The molecule has 0 aromatic heterocycles. The number of hydrogen-bond donors (Lipinski definition) is 4. The number of nitrogens with one attached hydrogen (secondary N) is 3. The first-order valence-corrected chi connectivity index (χ1v) is 16.0. The van der Waals surface area contributed by atoms with Gasteiger partial charge in [-0.25, -0.2) is 18.0 Å². The molecule has 1 saturated heterocycles. The predicted molar refractivity (Wildman–Crippen MR) is 169 cm³/mol. The van der Waals surface area contributed by atoms with Gasteiger partial charge in [0.05, 0.1) is 23.0 Å². The maximum atomic E-state index is 14.0. The van der Waals surface area contributed by atoms with Crippen LogP contribution in [0.15, 0.2) is 65.6 Å². The first-order chi connectivity index (χ1) is 21.2. The van der Waals surface area contributed by atoms with Crippen LogP contribution in [0.5, 0.6) is 0 Å². The standard InChI is InChI=1S/C32H35N5O7S/c1-18(35-31(41)44-32(2,3)4)28(38)20-10-11-21(23(33)16-20)29(39)37-17-26(36-30(37)40)45(42,43)25-13-12-24-22(14-15-34-24)27(25)19-8-6-5-7-9-19/h5-13,16,18,26,34H,14-15,17,33H2,1-4H3,(H,35,41)(H,36,40)/t18?,26-/m0/s1. The average molecular weight is 634 g/mol. The van der Waals surface area contributed by atoms with Crippen molar-refractivity contribution in [2.75, 3.05) is 24.1 Å². The summed E-state index contributed by atoms with van der Waals surface area (Å²) in [5.74, 6) is -1.29. The summed E-state index contributed by atoms with van der Waals surface area (Å²) >= 11 is 0. The number of hydrogen-bond acceptors (Lipinski definition) is 9. The fourth-order valence-corrected chi connectivity index (χ4v) is 7.09. The molecule has 236 valence electrons. The highest BCUT2D eigenvalue weighted by atomic mass is 32.2. The lowest BCUT2D eigenvalue weighted by Crippen LogP contribution is -2.41. The van der Waals surface area contributed by atoms with Gasteiger partial charge in [-0.3, -0.25) is 14.5 Å². The number of ketones is 1. The highest BCUT2D eigenvalue weighted by molar-refractivity contribution is 7.92. The Morgan fingerprint density at radius 2 is 1.78 bits per heavy atom. The van der Waals surface area contributed by atoms with Crippen LogP contribution in [0.25, 0.3) is 11.1 Å². The monoisotopic (exact) mass is 633 g/mol. The van der Waals surface area contributed by atoms with Crippen LogP contribution >= 0.6 is 0 Å². The number of nitrogens with two attached hydrogens (primary N) is 1. The molecule has 1 unspecified atom stereocenters. The molecule has 2 aliphatic heterocycles. The average Bonchev–Trinajstić information content (AvgIpc) is 3.62. The molecule has 2 atom stereocenters. The summed E-state index contributed by atoms with van der Waals surface area (Å²) in [5.41, 5.74) is 8.36. The zero-order valence-corrected chi connectivity index (χ0v) is 26.2. The second kappa shape index (κ2) is 11.9. The Morgan fingerprint density at radius 1 is 1.07 bits per heavy atom. The number of amides is 4. The number of Topliss-reactive ketones (excluding diaryl/α,β-unsaturated/α-hetero) is 1. The maximum absolute atomic E-state index is 14.0. The van der Waals surface area contributed by atoms with E-state index in [1.165, 1.54) is 31.2 Å². The fraction of sp³-hybridized carbons (Fsp3) is 0.312. The lowest BCUT2D eigenvalue weighted by Gasteiger charge is -2.21. The van der Waals surface area contributed by atoms with Crippen LogP contribution in [0.2, 0.25) is 0 Å². The van der Waals surface area contributed by atoms with E-state index in [0.29, 0.717) is 18.5 Å². The molecule has 3 aromatic carbocycles. The van der Waals surface area contributed by atoms with Crippen LogP contribution in [0.3, 0.4) is 0 Å². The third-order valence-corrected chi connectivity index (χ3v) is 9.49. The lowest BCUT2D eigenvalue weighted by atomic mass is 9.98. The van der Waals surface area contributed by atoms with Gasteiger partial charge >= 0.3 is 12.1 Å². The van der Waals surface area contributed by atoms with Gasteiger partial charge in [-0.2, -0.15) is 0 Å². The molecule has 0 aliphatic carbocycles. The number of fused-ring (bicyclic) bond motifs is 1. The minimum Gasteiger partial charge on any atom is -0.444 e. The SMILES string of the molecule is CC(NC(=O)OC(C)(C)C)C(=O)c1ccc(C(=O)N2C[C@H](S(=O)(=O)c3ccc4c(c3-c3ccccc3)CCN4)NC2=O)c(N)c1. The van der Waals surface area contributed by atoms with E-state index >= 15 is 0 Å². The van der Waals surface area contributed by atoms with Crippen molar-refractivity contribution in [1.29, 1.82) is 0 Å². The molecule has 3 aromatic rings.